The van der Waals surface area contributed by atoms with Crippen molar-refractivity contribution in [2.24, 2.45) is 0 Å². The summed E-state index contributed by atoms with van der Waals surface area (Å²) in [4.78, 5) is 110. The molecule has 344 valence electrons. The van der Waals surface area contributed by atoms with Gasteiger partial charge in [-0.15, -0.1) is 0 Å². The van der Waals surface area contributed by atoms with Crippen LogP contribution in [0.4, 0.5) is 0 Å². The van der Waals surface area contributed by atoms with Gasteiger partial charge in [0.05, 0.1) is 13.2 Å². The van der Waals surface area contributed by atoms with Gasteiger partial charge in [-0.25, -0.2) is 0 Å². The van der Waals surface area contributed by atoms with E-state index in [1.54, 1.807) is 0 Å². The average Bonchev–Trinajstić information content (AvgIpc) is 3.12. The number of aliphatic hydroxyl groups is 2. The lowest BCUT2D eigenvalue weighted by Crippen LogP contribution is -2.67. The molecule has 0 amide bonds. The van der Waals surface area contributed by atoms with Crippen molar-refractivity contribution in [3.8, 4) is 0 Å². The lowest BCUT2D eigenvalue weighted by Gasteiger charge is -2.48. The van der Waals surface area contributed by atoms with Gasteiger partial charge in [0.2, 0.25) is 0 Å². The van der Waals surface area contributed by atoms with Crippen LogP contribution in [0.15, 0.2) is 0 Å². The Bertz CT molecular complexity index is 1610. The number of aliphatic hydroxyl groups excluding tert-OH is 2. The minimum Gasteiger partial charge on any atom is -0.463 e. The first kappa shape index (κ1) is 50.3. The van der Waals surface area contributed by atoms with Crippen LogP contribution < -0.4 is 0 Å². The average molecular weight is 883 g/mol. The fourth-order valence-electron chi connectivity index (χ4n) is 6.61. The Hall–Kier alpha value is -5.05. The number of hydrogen-bond acceptors (Lipinski definition) is 25. The van der Waals surface area contributed by atoms with Crippen molar-refractivity contribution in [1.82, 2.24) is 0 Å². The number of carbonyl (C=O) groups is 9. The fraction of sp³-hybridized carbons (Fsp3) is 0.750. The molecule has 0 aromatic carbocycles. The highest BCUT2D eigenvalue weighted by atomic mass is 16.8. The van der Waals surface area contributed by atoms with Crippen LogP contribution in [0.3, 0.4) is 0 Å². The van der Waals surface area contributed by atoms with Crippen LogP contribution in [0.2, 0.25) is 0 Å². The second kappa shape index (κ2) is 22.7. The van der Waals surface area contributed by atoms with Crippen LogP contribution in [0.1, 0.15) is 62.3 Å². The van der Waals surface area contributed by atoms with Gasteiger partial charge in [-0.3, -0.25) is 43.2 Å². The summed E-state index contributed by atoms with van der Waals surface area (Å²) >= 11 is 0. The predicted octanol–water partition coefficient (Wildman–Crippen LogP) is -2.44. The van der Waals surface area contributed by atoms with Crippen LogP contribution in [-0.2, 0) is 109 Å². The highest BCUT2D eigenvalue weighted by molar-refractivity contribution is 5.70. The number of hydrogen-bond donors (Lipinski definition) is 2. The molecular formula is C36H50O25. The molecule has 3 heterocycles. The molecule has 0 aromatic rings. The van der Waals surface area contributed by atoms with Gasteiger partial charge in [-0.05, 0) is 0 Å². The van der Waals surface area contributed by atoms with Gasteiger partial charge in [0.15, 0.2) is 67.7 Å². The second-order valence-electron chi connectivity index (χ2n) is 13.7. The van der Waals surface area contributed by atoms with Gasteiger partial charge >= 0.3 is 53.7 Å². The summed E-state index contributed by atoms with van der Waals surface area (Å²) in [5, 5.41) is 21.4. The summed E-state index contributed by atoms with van der Waals surface area (Å²) in [6.45, 7) is 6.57. The zero-order valence-electron chi connectivity index (χ0n) is 34.6. The lowest BCUT2D eigenvalue weighted by molar-refractivity contribution is -0.363. The summed E-state index contributed by atoms with van der Waals surface area (Å²) in [6.07, 6.45) is -26.2. The van der Waals surface area contributed by atoms with Gasteiger partial charge in [0.1, 0.15) is 31.0 Å². The quantitative estimate of drug-likeness (QED) is 0.120. The summed E-state index contributed by atoms with van der Waals surface area (Å²) in [7, 11) is 0. The first-order valence-corrected chi connectivity index (χ1v) is 18.6. The Morgan fingerprint density at radius 3 is 1.16 bits per heavy atom. The third-order valence-corrected chi connectivity index (χ3v) is 8.55. The highest BCUT2D eigenvalue weighted by Gasteiger charge is 2.58. The summed E-state index contributed by atoms with van der Waals surface area (Å²) in [6, 6.07) is 0. The molecule has 61 heavy (non-hydrogen) atoms. The topological polar surface area (TPSA) is 323 Å². The van der Waals surface area contributed by atoms with E-state index in [-0.39, 0.29) is 0 Å². The van der Waals surface area contributed by atoms with Crippen molar-refractivity contribution in [3.05, 3.63) is 0 Å². The molecule has 0 aliphatic carbocycles. The number of esters is 9. The van der Waals surface area contributed by atoms with Crippen LogP contribution in [0.5, 0.6) is 0 Å². The fourth-order valence-corrected chi connectivity index (χ4v) is 6.61. The third-order valence-electron chi connectivity index (χ3n) is 8.55. The SMILES string of the molecule is CC(=O)OC[C@H]1O[C@@H](O[C@@H]2[C@@H](OC(C)=O)[C@@H](O)O[C@H](CO[C@@H]3O[C@H](CO)[C@@H](OC(C)=O)[C@H](OC(C)=O)[C@H]3OC(C)=O)[C@H]2OC(C)=O)[C@H](OC(C)=O)[C@@H](OC(C)=O)[C@@H]1OC(C)=O. The predicted molar refractivity (Wildman–Crippen MR) is 187 cm³/mol. The van der Waals surface area contributed by atoms with E-state index in [0.29, 0.717) is 0 Å². The van der Waals surface area contributed by atoms with E-state index in [4.69, 9.17) is 66.3 Å². The summed E-state index contributed by atoms with van der Waals surface area (Å²) in [5.74, 6) is -8.53. The molecule has 25 nitrogen and oxygen atoms in total. The van der Waals surface area contributed by atoms with Gasteiger partial charge in [0, 0.05) is 62.3 Å². The molecule has 0 radical (unpaired) electrons. The van der Waals surface area contributed by atoms with Crippen molar-refractivity contribution < 1.29 is 120 Å². The zero-order chi connectivity index (χ0) is 45.9. The Balaban J connectivity index is 2.13. The number of rotatable bonds is 16. The van der Waals surface area contributed by atoms with Crippen LogP contribution in [0.25, 0.3) is 0 Å². The Labute approximate surface area is 347 Å². The van der Waals surface area contributed by atoms with Crippen LogP contribution in [-0.4, -0.2) is 176 Å². The molecule has 3 aliphatic rings. The van der Waals surface area contributed by atoms with E-state index < -0.39 is 166 Å². The largest absolute Gasteiger partial charge is 0.463 e. The Morgan fingerprint density at radius 2 is 0.738 bits per heavy atom. The molecule has 15 atom stereocenters. The van der Waals surface area contributed by atoms with Gasteiger partial charge in [-0.1, -0.05) is 0 Å². The molecule has 0 bridgehead atoms. The zero-order valence-corrected chi connectivity index (χ0v) is 34.6. The van der Waals surface area contributed by atoms with Crippen molar-refractivity contribution in [3.63, 3.8) is 0 Å². The third kappa shape index (κ3) is 14.5. The van der Waals surface area contributed by atoms with Crippen LogP contribution >= 0.6 is 0 Å². The standard InChI is InChI=1S/C36H50O25/c1-13(38)48-11-24-27(52-16(4)41)30(54-18(6)43)33(57-21(9)46)36(60-24)61-28-26(51-15(3)40)23(58-34(47)31(28)55-19(7)44)12-49-35-32(56-20(8)45)29(53-17(5)42)25(50-14(2)39)22(10-37)59-35/h22-37,47H,10-12H2,1-9H3/t22-,23-,24-,25-,26-,27-,28+,29+,30+,31-,32-,33-,34+,35-,36+/m1/s1. The number of ether oxygens (including phenoxy) is 14. The lowest BCUT2D eigenvalue weighted by atomic mass is 9.95. The second-order valence-corrected chi connectivity index (χ2v) is 13.7. The van der Waals surface area contributed by atoms with Crippen molar-refractivity contribution in [2.75, 3.05) is 19.8 Å². The Morgan fingerprint density at radius 1 is 0.393 bits per heavy atom. The normalized spacial score (nSPS) is 33.4. The van der Waals surface area contributed by atoms with Crippen molar-refractivity contribution in [2.45, 2.75) is 154 Å². The van der Waals surface area contributed by atoms with E-state index in [9.17, 15) is 53.4 Å². The minimum atomic E-state index is -2.15. The van der Waals surface area contributed by atoms with Crippen molar-refractivity contribution in [1.29, 1.82) is 0 Å². The number of carbonyl (C=O) groups excluding carboxylic acids is 9. The maximum atomic E-state index is 12.7. The van der Waals surface area contributed by atoms with E-state index in [0.717, 1.165) is 62.3 Å². The molecule has 0 spiro atoms. The Kier molecular flexibility index (Phi) is 18.7. The summed E-state index contributed by atoms with van der Waals surface area (Å²) in [5.41, 5.74) is 0. The van der Waals surface area contributed by atoms with E-state index in [1.807, 2.05) is 0 Å². The maximum Gasteiger partial charge on any atom is 0.303 e. The maximum absolute atomic E-state index is 12.7. The van der Waals surface area contributed by atoms with E-state index in [1.165, 1.54) is 0 Å². The molecular weight excluding hydrogens is 832 g/mol. The van der Waals surface area contributed by atoms with Gasteiger partial charge in [-0.2, -0.15) is 0 Å². The molecule has 0 saturated carbocycles. The molecule has 3 fully saturated rings. The van der Waals surface area contributed by atoms with Crippen molar-refractivity contribution >= 4 is 53.7 Å². The molecule has 0 unspecified atom stereocenters. The highest BCUT2D eigenvalue weighted by Crippen LogP contribution is 2.36. The molecule has 25 heteroatoms. The smallest absolute Gasteiger partial charge is 0.303 e. The van der Waals surface area contributed by atoms with Crippen LogP contribution in [0, 0.1) is 0 Å². The minimum absolute atomic E-state index is 0.669. The molecule has 3 saturated heterocycles. The first-order chi connectivity index (χ1) is 28.5. The summed E-state index contributed by atoms with van der Waals surface area (Å²) < 4.78 is 77.8. The molecule has 0 aromatic heterocycles. The van der Waals surface area contributed by atoms with E-state index >= 15 is 0 Å². The first-order valence-electron chi connectivity index (χ1n) is 18.6. The van der Waals surface area contributed by atoms with Gasteiger partial charge < -0.3 is 76.5 Å². The van der Waals surface area contributed by atoms with Gasteiger partial charge in [0.25, 0.3) is 0 Å². The molecule has 3 aliphatic heterocycles. The van der Waals surface area contributed by atoms with E-state index in [2.05, 4.69) is 0 Å². The monoisotopic (exact) mass is 882 g/mol. The molecule has 3 rings (SSSR count). The molecule has 2 N–H and O–H groups in total.